The Labute approximate surface area is 178 Å². The van der Waals surface area contributed by atoms with E-state index in [1.54, 1.807) is 10.6 Å². The van der Waals surface area contributed by atoms with Gasteiger partial charge in [0, 0.05) is 5.75 Å². The van der Waals surface area contributed by atoms with Crippen molar-refractivity contribution in [3.63, 3.8) is 0 Å². The Balaban J connectivity index is 1.70. The predicted molar refractivity (Wildman–Crippen MR) is 111 cm³/mol. The van der Waals surface area contributed by atoms with Crippen molar-refractivity contribution >= 4 is 11.8 Å². The van der Waals surface area contributed by atoms with Gasteiger partial charge in [-0.3, -0.25) is 9.47 Å². The molecule has 2 heterocycles. The lowest BCUT2D eigenvalue weighted by Gasteiger charge is -2.26. The molecule has 1 aliphatic heterocycles. The predicted octanol–water partition coefficient (Wildman–Crippen LogP) is 5.56. The number of likely N-dealkylation sites (tertiary alicyclic amines) is 1. The first-order valence-electron chi connectivity index (χ1n) is 10.0. The minimum absolute atomic E-state index is 0.0811. The van der Waals surface area contributed by atoms with Crippen LogP contribution < -0.4 is 0 Å². The number of hydrogen-bond donors (Lipinski definition) is 0. The van der Waals surface area contributed by atoms with Crippen molar-refractivity contribution < 1.29 is 13.2 Å². The van der Waals surface area contributed by atoms with Crippen molar-refractivity contribution in [2.75, 3.05) is 13.1 Å². The molecule has 0 bridgehead atoms. The molecule has 30 heavy (non-hydrogen) atoms. The summed E-state index contributed by atoms with van der Waals surface area (Å²) in [5.74, 6) is 1.15. The van der Waals surface area contributed by atoms with Crippen molar-refractivity contribution in [2.24, 2.45) is 0 Å². The second kappa shape index (κ2) is 9.22. The van der Waals surface area contributed by atoms with Crippen LogP contribution in [0.15, 0.2) is 59.8 Å². The van der Waals surface area contributed by atoms with E-state index in [9.17, 15) is 13.2 Å². The summed E-state index contributed by atoms with van der Waals surface area (Å²) in [6, 6.07) is 15.5. The van der Waals surface area contributed by atoms with Crippen molar-refractivity contribution in [1.29, 1.82) is 0 Å². The fourth-order valence-electron chi connectivity index (χ4n) is 3.69. The zero-order valence-electron chi connectivity index (χ0n) is 16.5. The first-order valence-corrected chi connectivity index (χ1v) is 11.0. The van der Waals surface area contributed by atoms with Crippen LogP contribution in [-0.4, -0.2) is 32.8 Å². The van der Waals surface area contributed by atoms with Gasteiger partial charge in [-0.2, -0.15) is 13.2 Å². The molecule has 2 aromatic carbocycles. The minimum Gasteiger partial charge on any atom is -0.296 e. The summed E-state index contributed by atoms with van der Waals surface area (Å²) in [7, 11) is 0. The van der Waals surface area contributed by atoms with E-state index in [0.29, 0.717) is 23.3 Å². The van der Waals surface area contributed by atoms with Gasteiger partial charge in [-0.25, -0.2) is 0 Å². The molecule has 0 atom stereocenters. The Morgan fingerprint density at radius 3 is 2.30 bits per heavy atom. The molecule has 1 aromatic heterocycles. The van der Waals surface area contributed by atoms with E-state index < -0.39 is 11.7 Å². The number of nitrogens with zero attached hydrogens (tertiary/aromatic N) is 4. The Morgan fingerprint density at radius 2 is 1.57 bits per heavy atom. The summed E-state index contributed by atoms with van der Waals surface area (Å²) < 4.78 is 42.8. The van der Waals surface area contributed by atoms with E-state index in [2.05, 4.69) is 15.1 Å². The third kappa shape index (κ3) is 4.87. The molecule has 0 saturated carbocycles. The highest BCUT2D eigenvalue weighted by Crippen LogP contribution is 2.36. The number of thioether (sulfide) groups is 1. The van der Waals surface area contributed by atoms with Gasteiger partial charge < -0.3 is 0 Å². The van der Waals surface area contributed by atoms with Crippen LogP contribution >= 0.6 is 11.8 Å². The average Bonchev–Trinajstić information content (AvgIpc) is 3.15. The maximum Gasteiger partial charge on any atom is 0.418 e. The van der Waals surface area contributed by atoms with Crippen molar-refractivity contribution in [3.8, 4) is 5.69 Å². The van der Waals surface area contributed by atoms with Gasteiger partial charge in [0.05, 0.1) is 17.8 Å². The molecule has 158 valence electrons. The van der Waals surface area contributed by atoms with E-state index >= 15 is 0 Å². The van der Waals surface area contributed by atoms with E-state index in [4.69, 9.17) is 0 Å². The SMILES string of the molecule is FC(F)(F)c1ccccc1-n1c(CN2CCCCC2)nnc1SCc1ccccc1. The summed E-state index contributed by atoms with van der Waals surface area (Å²) in [4.78, 5) is 2.24. The molecule has 0 N–H and O–H groups in total. The number of hydrogen-bond acceptors (Lipinski definition) is 4. The highest BCUT2D eigenvalue weighted by molar-refractivity contribution is 7.98. The van der Waals surface area contributed by atoms with Crippen molar-refractivity contribution in [2.45, 2.75) is 42.9 Å². The number of benzene rings is 2. The normalized spacial score (nSPS) is 15.4. The standard InChI is InChI=1S/C22H23F3N4S/c23-22(24,25)18-11-5-6-12-19(18)29-20(15-28-13-7-2-8-14-28)26-27-21(29)30-16-17-9-3-1-4-10-17/h1,3-6,9-12H,2,7-8,13-16H2. The molecular weight excluding hydrogens is 409 g/mol. The number of rotatable bonds is 6. The Bertz CT molecular complexity index is 966. The van der Waals surface area contributed by atoms with Crippen LogP contribution in [-0.2, 0) is 18.5 Å². The second-order valence-corrected chi connectivity index (χ2v) is 8.30. The summed E-state index contributed by atoms with van der Waals surface area (Å²) in [6.45, 7) is 2.35. The van der Waals surface area contributed by atoms with Gasteiger partial charge >= 0.3 is 6.18 Å². The van der Waals surface area contributed by atoms with Crippen LogP contribution in [0.25, 0.3) is 5.69 Å². The summed E-state index contributed by atoms with van der Waals surface area (Å²) in [5.41, 5.74) is 0.488. The van der Waals surface area contributed by atoms with Gasteiger partial charge in [0.15, 0.2) is 11.0 Å². The minimum atomic E-state index is -4.45. The molecule has 4 rings (SSSR count). The Morgan fingerprint density at radius 1 is 0.867 bits per heavy atom. The lowest BCUT2D eigenvalue weighted by molar-refractivity contribution is -0.137. The van der Waals surface area contributed by atoms with Crippen LogP contribution in [0.3, 0.4) is 0 Å². The second-order valence-electron chi connectivity index (χ2n) is 7.36. The fraction of sp³-hybridized carbons (Fsp3) is 0.364. The number of halogens is 3. The molecule has 1 saturated heterocycles. The van der Waals surface area contributed by atoms with Crippen LogP contribution in [0.1, 0.15) is 36.2 Å². The maximum atomic E-state index is 13.7. The first kappa shape index (κ1) is 20.9. The van der Waals surface area contributed by atoms with Gasteiger partial charge in [-0.05, 0) is 43.6 Å². The van der Waals surface area contributed by atoms with Gasteiger partial charge in [-0.1, -0.05) is 60.6 Å². The molecule has 8 heteroatoms. The van der Waals surface area contributed by atoms with Crippen LogP contribution in [0, 0.1) is 0 Å². The quantitative estimate of drug-likeness (QED) is 0.477. The molecule has 0 unspecified atom stereocenters. The summed E-state index contributed by atoms with van der Waals surface area (Å²) in [5, 5.41) is 9.06. The monoisotopic (exact) mass is 432 g/mol. The number of aromatic nitrogens is 3. The third-order valence-corrected chi connectivity index (χ3v) is 6.18. The third-order valence-electron chi connectivity index (χ3n) is 5.18. The molecule has 3 aromatic rings. The van der Waals surface area contributed by atoms with Gasteiger partial charge in [0.25, 0.3) is 0 Å². The van der Waals surface area contributed by atoms with Crippen molar-refractivity contribution in [1.82, 2.24) is 19.7 Å². The van der Waals surface area contributed by atoms with E-state index in [1.807, 2.05) is 30.3 Å². The topological polar surface area (TPSA) is 34.0 Å². The van der Waals surface area contributed by atoms with Gasteiger partial charge in [-0.15, -0.1) is 10.2 Å². The number of piperidine rings is 1. The molecule has 1 fully saturated rings. The van der Waals surface area contributed by atoms with Crippen LogP contribution in [0.5, 0.6) is 0 Å². The van der Waals surface area contributed by atoms with E-state index in [0.717, 1.165) is 37.6 Å². The van der Waals surface area contributed by atoms with Crippen LogP contribution in [0.2, 0.25) is 0 Å². The lowest BCUT2D eigenvalue weighted by Crippen LogP contribution is -2.30. The molecule has 0 radical (unpaired) electrons. The summed E-state index contributed by atoms with van der Waals surface area (Å²) in [6.07, 6.45) is -1.06. The first-order chi connectivity index (χ1) is 14.5. The highest BCUT2D eigenvalue weighted by Gasteiger charge is 2.35. The van der Waals surface area contributed by atoms with Gasteiger partial charge in [0.2, 0.25) is 0 Å². The summed E-state index contributed by atoms with van der Waals surface area (Å²) >= 11 is 1.40. The smallest absolute Gasteiger partial charge is 0.296 e. The van der Waals surface area contributed by atoms with Crippen LogP contribution in [0.4, 0.5) is 13.2 Å². The largest absolute Gasteiger partial charge is 0.418 e. The molecule has 0 aliphatic carbocycles. The molecule has 1 aliphatic rings. The van der Waals surface area contributed by atoms with E-state index in [-0.39, 0.29) is 5.69 Å². The molecule has 0 spiro atoms. The number of alkyl halides is 3. The zero-order chi connectivity index (χ0) is 21.0. The van der Waals surface area contributed by atoms with Gasteiger partial charge in [0.1, 0.15) is 0 Å². The fourth-order valence-corrected chi connectivity index (χ4v) is 4.61. The Hall–Kier alpha value is -2.32. The highest BCUT2D eigenvalue weighted by atomic mass is 32.2. The average molecular weight is 433 g/mol. The molecular formula is C22H23F3N4S. The van der Waals surface area contributed by atoms with E-state index in [1.165, 1.54) is 30.3 Å². The number of para-hydroxylation sites is 1. The van der Waals surface area contributed by atoms with Crippen molar-refractivity contribution in [3.05, 3.63) is 71.5 Å². The maximum absolute atomic E-state index is 13.7. The Kier molecular flexibility index (Phi) is 6.43. The zero-order valence-corrected chi connectivity index (χ0v) is 17.3. The molecule has 4 nitrogen and oxygen atoms in total. The molecule has 0 amide bonds. The lowest BCUT2D eigenvalue weighted by atomic mass is 10.1.